The SMILES string of the molecule is COc1cc(C)ccc1C(C)NCCN(C)C(=O)OC(C)(C)C. The van der Waals surface area contributed by atoms with Crippen molar-refractivity contribution in [2.75, 3.05) is 27.2 Å². The number of amides is 1. The maximum absolute atomic E-state index is 11.9. The number of carbonyl (C=O) groups is 1. The first-order valence-corrected chi connectivity index (χ1v) is 7.96. The highest BCUT2D eigenvalue weighted by atomic mass is 16.6. The number of aryl methyl sites for hydroxylation is 1. The number of rotatable bonds is 6. The number of methoxy groups -OCH3 is 1. The Hall–Kier alpha value is -1.75. The van der Waals surface area contributed by atoms with Gasteiger partial charge < -0.3 is 19.7 Å². The van der Waals surface area contributed by atoms with E-state index in [1.807, 2.05) is 33.8 Å². The minimum Gasteiger partial charge on any atom is -0.496 e. The number of benzene rings is 1. The molecule has 0 radical (unpaired) electrons. The van der Waals surface area contributed by atoms with Crippen molar-refractivity contribution in [3.63, 3.8) is 0 Å². The smallest absolute Gasteiger partial charge is 0.410 e. The molecule has 1 aromatic carbocycles. The average Bonchev–Trinajstić information content (AvgIpc) is 2.44. The van der Waals surface area contributed by atoms with Gasteiger partial charge in [-0.05, 0) is 46.2 Å². The largest absolute Gasteiger partial charge is 0.496 e. The Kier molecular flexibility index (Phi) is 6.88. The molecule has 1 atom stereocenters. The van der Waals surface area contributed by atoms with Crippen LogP contribution in [0.5, 0.6) is 5.75 Å². The lowest BCUT2D eigenvalue weighted by atomic mass is 10.0. The van der Waals surface area contributed by atoms with E-state index < -0.39 is 5.60 Å². The van der Waals surface area contributed by atoms with Crippen LogP contribution in [0.2, 0.25) is 0 Å². The fourth-order valence-electron chi connectivity index (χ4n) is 2.17. The van der Waals surface area contributed by atoms with Crippen LogP contribution in [0, 0.1) is 6.92 Å². The highest BCUT2D eigenvalue weighted by molar-refractivity contribution is 5.67. The second-order valence-corrected chi connectivity index (χ2v) is 6.82. The lowest BCUT2D eigenvalue weighted by molar-refractivity contribution is 0.0299. The van der Waals surface area contributed by atoms with E-state index in [-0.39, 0.29) is 12.1 Å². The summed E-state index contributed by atoms with van der Waals surface area (Å²) < 4.78 is 10.8. The van der Waals surface area contributed by atoms with Gasteiger partial charge in [0.25, 0.3) is 0 Å². The van der Waals surface area contributed by atoms with Gasteiger partial charge >= 0.3 is 6.09 Å². The van der Waals surface area contributed by atoms with Crippen LogP contribution in [-0.2, 0) is 4.74 Å². The molecule has 0 bridgehead atoms. The van der Waals surface area contributed by atoms with E-state index in [1.165, 1.54) is 5.56 Å². The van der Waals surface area contributed by atoms with Crippen molar-refractivity contribution >= 4 is 6.09 Å². The Morgan fingerprint density at radius 1 is 1.35 bits per heavy atom. The summed E-state index contributed by atoms with van der Waals surface area (Å²) in [6.45, 7) is 11.0. The summed E-state index contributed by atoms with van der Waals surface area (Å²) in [4.78, 5) is 13.5. The Balaban J connectivity index is 2.51. The van der Waals surface area contributed by atoms with E-state index in [9.17, 15) is 4.79 Å². The van der Waals surface area contributed by atoms with E-state index in [0.29, 0.717) is 13.1 Å². The van der Waals surface area contributed by atoms with Crippen LogP contribution in [0.1, 0.15) is 44.9 Å². The number of carbonyl (C=O) groups excluding carboxylic acids is 1. The maximum Gasteiger partial charge on any atom is 0.410 e. The molecule has 5 nitrogen and oxygen atoms in total. The molecule has 1 amide bonds. The van der Waals surface area contributed by atoms with E-state index in [0.717, 1.165) is 11.3 Å². The standard InChI is InChI=1S/C18H30N2O3/c1-13-8-9-15(16(12-13)22-7)14(2)19-10-11-20(6)17(21)23-18(3,4)5/h8-9,12,14,19H,10-11H2,1-7H3. The quantitative estimate of drug-likeness (QED) is 0.870. The molecule has 0 spiro atoms. The molecule has 130 valence electrons. The molecule has 0 aliphatic rings. The maximum atomic E-state index is 11.9. The summed E-state index contributed by atoms with van der Waals surface area (Å²) in [6.07, 6.45) is -0.306. The second kappa shape index (κ2) is 8.20. The molecular formula is C18H30N2O3. The van der Waals surface area contributed by atoms with Crippen molar-refractivity contribution in [2.45, 2.75) is 46.3 Å². The minimum atomic E-state index is -0.471. The third-order valence-electron chi connectivity index (χ3n) is 3.46. The van der Waals surface area contributed by atoms with Crippen LogP contribution in [0.4, 0.5) is 4.79 Å². The van der Waals surface area contributed by atoms with Crippen LogP contribution >= 0.6 is 0 Å². The van der Waals surface area contributed by atoms with Gasteiger partial charge in [0.1, 0.15) is 11.4 Å². The molecule has 1 N–H and O–H groups in total. The monoisotopic (exact) mass is 322 g/mol. The zero-order chi connectivity index (χ0) is 17.6. The van der Waals surface area contributed by atoms with Gasteiger partial charge in [-0.15, -0.1) is 0 Å². The van der Waals surface area contributed by atoms with Crippen molar-refractivity contribution in [3.8, 4) is 5.75 Å². The van der Waals surface area contributed by atoms with Crippen LogP contribution in [0.25, 0.3) is 0 Å². The zero-order valence-corrected chi connectivity index (χ0v) is 15.4. The summed E-state index contributed by atoms with van der Waals surface area (Å²) in [6, 6.07) is 6.31. The molecule has 0 saturated heterocycles. The van der Waals surface area contributed by atoms with Crippen molar-refractivity contribution in [3.05, 3.63) is 29.3 Å². The molecule has 0 saturated carbocycles. The summed E-state index contributed by atoms with van der Waals surface area (Å²) in [7, 11) is 3.42. The van der Waals surface area contributed by atoms with Crippen LogP contribution < -0.4 is 10.1 Å². The van der Waals surface area contributed by atoms with E-state index in [4.69, 9.17) is 9.47 Å². The number of hydrogen-bond donors (Lipinski definition) is 1. The minimum absolute atomic E-state index is 0.137. The first-order chi connectivity index (χ1) is 10.6. The van der Waals surface area contributed by atoms with Gasteiger partial charge in [-0.2, -0.15) is 0 Å². The molecule has 0 fully saturated rings. The molecule has 1 rings (SSSR count). The van der Waals surface area contributed by atoms with Gasteiger partial charge in [0.05, 0.1) is 7.11 Å². The lowest BCUT2D eigenvalue weighted by Gasteiger charge is -2.25. The van der Waals surface area contributed by atoms with Gasteiger partial charge in [-0.3, -0.25) is 0 Å². The van der Waals surface area contributed by atoms with E-state index in [2.05, 4.69) is 24.4 Å². The molecule has 0 heterocycles. The number of likely N-dealkylation sites (N-methyl/N-ethyl adjacent to an activating group) is 1. The van der Waals surface area contributed by atoms with Crippen molar-refractivity contribution in [1.29, 1.82) is 0 Å². The third kappa shape index (κ3) is 6.48. The van der Waals surface area contributed by atoms with Crippen LogP contribution in [0.3, 0.4) is 0 Å². The van der Waals surface area contributed by atoms with Gasteiger partial charge in [0.2, 0.25) is 0 Å². The number of hydrogen-bond acceptors (Lipinski definition) is 4. The van der Waals surface area contributed by atoms with Gasteiger partial charge in [-0.25, -0.2) is 4.79 Å². The van der Waals surface area contributed by atoms with E-state index >= 15 is 0 Å². The van der Waals surface area contributed by atoms with Crippen molar-refractivity contribution in [1.82, 2.24) is 10.2 Å². The molecule has 1 unspecified atom stereocenters. The molecule has 1 aromatic rings. The fraction of sp³-hybridized carbons (Fsp3) is 0.611. The number of nitrogens with zero attached hydrogens (tertiary/aromatic N) is 1. The Morgan fingerprint density at radius 3 is 2.57 bits per heavy atom. The normalized spacial score (nSPS) is 12.7. The molecule has 0 aliphatic carbocycles. The number of ether oxygens (including phenoxy) is 2. The topological polar surface area (TPSA) is 50.8 Å². The fourth-order valence-corrected chi connectivity index (χ4v) is 2.17. The predicted octanol–water partition coefficient (Wildman–Crippen LogP) is 3.52. The van der Waals surface area contributed by atoms with Crippen molar-refractivity contribution < 1.29 is 14.3 Å². The zero-order valence-electron chi connectivity index (χ0n) is 15.4. The summed E-state index contributed by atoms with van der Waals surface area (Å²) in [5.74, 6) is 0.880. The van der Waals surface area contributed by atoms with Gasteiger partial charge in [-0.1, -0.05) is 12.1 Å². The molecule has 0 aromatic heterocycles. The van der Waals surface area contributed by atoms with Crippen LogP contribution in [-0.4, -0.2) is 43.8 Å². The van der Waals surface area contributed by atoms with Crippen LogP contribution in [0.15, 0.2) is 18.2 Å². The molecular weight excluding hydrogens is 292 g/mol. The third-order valence-corrected chi connectivity index (χ3v) is 3.46. The van der Waals surface area contributed by atoms with Gasteiger partial charge in [0.15, 0.2) is 0 Å². The van der Waals surface area contributed by atoms with E-state index in [1.54, 1.807) is 19.1 Å². The first kappa shape index (κ1) is 19.3. The highest BCUT2D eigenvalue weighted by Gasteiger charge is 2.19. The molecule has 0 aliphatic heterocycles. The first-order valence-electron chi connectivity index (χ1n) is 7.96. The Morgan fingerprint density at radius 2 is 2.00 bits per heavy atom. The Bertz CT molecular complexity index is 523. The summed E-state index contributed by atoms with van der Waals surface area (Å²) in [5, 5.41) is 3.41. The average molecular weight is 322 g/mol. The highest BCUT2D eigenvalue weighted by Crippen LogP contribution is 2.25. The summed E-state index contributed by atoms with van der Waals surface area (Å²) >= 11 is 0. The number of nitrogens with one attached hydrogen (secondary N) is 1. The molecule has 23 heavy (non-hydrogen) atoms. The lowest BCUT2D eigenvalue weighted by Crippen LogP contribution is -2.38. The Labute approximate surface area is 140 Å². The molecule has 5 heteroatoms. The van der Waals surface area contributed by atoms with Crippen molar-refractivity contribution in [2.24, 2.45) is 0 Å². The van der Waals surface area contributed by atoms with Gasteiger partial charge in [0, 0.05) is 31.7 Å². The summed E-state index contributed by atoms with van der Waals surface area (Å²) in [5.41, 5.74) is 1.81. The predicted molar refractivity (Wildman–Crippen MR) is 93.0 cm³/mol. The second-order valence-electron chi connectivity index (χ2n) is 6.82.